The van der Waals surface area contributed by atoms with Crippen LogP contribution >= 0.6 is 0 Å². The molecule has 5 heterocycles. The summed E-state index contributed by atoms with van der Waals surface area (Å²) in [4.78, 5) is 19.3. The number of fused-ring (bicyclic) bond motifs is 2. The van der Waals surface area contributed by atoms with Crippen LogP contribution in [0, 0.1) is 6.92 Å². The molecule has 8 heteroatoms. The first-order valence-corrected chi connectivity index (χ1v) is 10.3. The van der Waals surface area contributed by atoms with Crippen LogP contribution in [-0.2, 0) is 4.74 Å². The van der Waals surface area contributed by atoms with Crippen LogP contribution < -0.4 is 4.90 Å². The minimum Gasteiger partial charge on any atom is -0.378 e. The molecule has 0 bridgehead atoms. The molecule has 0 radical (unpaired) electrons. The molecule has 1 saturated heterocycles. The molecule has 1 aliphatic rings. The molecule has 1 aromatic carbocycles. The van der Waals surface area contributed by atoms with Crippen molar-refractivity contribution < 1.29 is 4.74 Å². The van der Waals surface area contributed by atoms with Gasteiger partial charge in [0.2, 0.25) is 0 Å². The van der Waals surface area contributed by atoms with Crippen LogP contribution in [0.4, 0.5) is 5.69 Å². The summed E-state index contributed by atoms with van der Waals surface area (Å²) >= 11 is 0. The normalized spacial score (nSPS) is 14.5. The van der Waals surface area contributed by atoms with Gasteiger partial charge in [0, 0.05) is 36.4 Å². The number of rotatable bonds is 3. The van der Waals surface area contributed by atoms with E-state index < -0.39 is 0 Å². The van der Waals surface area contributed by atoms with Gasteiger partial charge in [-0.25, -0.2) is 4.98 Å². The Labute approximate surface area is 178 Å². The predicted octanol–water partition coefficient (Wildman–Crippen LogP) is 3.71. The van der Waals surface area contributed by atoms with Gasteiger partial charge in [-0.05, 0) is 36.2 Å². The largest absolute Gasteiger partial charge is 0.378 e. The number of hydrogen-bond acceptors (Lipinski definition) is 6. The van der Waals surface area contributed by atoms with Crippen molar-refractivity contribution in [1.82, 2.24) is 30.1 Å². The number of nitrogens with zero attached hydrogens (tertiary/aromatic N) is 5. The quantitative estimate of drug-likeness (QED) is 0.470. The molecule has 0 aliphatic carbocycles. The van der Waals surface area contributed by atoms with E-state index in [0.29, 0.717) is 13.2 Å². The Morgan fingerprint density at radius 3 is 2.77 bits per heavy atom. The third kappa shape index (κ3) is 3.03. The number of ether oxygens (including phenoxy) is 1. The van der Waals surface area contributed by atoms with Crippen LogP contribution in [0.15, 0.2) is 49.1 Å². The van der Waals surface area contributed by atoms with Gasteiger partial charge >= 0.3 is 0 Å². The summed E-state index contributed by atoms with van der Waals surface area (Å²) in [6.07, 6.45) is 7.41. The highest BCUT2D eigenvalue weighted by Gasteiger charge is 2.19. The fourth-order valence-electron chi connectivity index (χ4n) is 4.20. The van der Waals surface area contributed by atoms with Crippen molar-refractivity contribution in [1.29, 1.82) is 0 Å². The van der Waals surface area contributed by atoms with E-state index in [2.05, 4.69) is 55.2 Å². The molecular weight excluding hydrogens is 390 g/mol. The van der Waals surface area contributed by atoms with E-state index in [1.165, 1.54) is 5.56 Å². The van der Waals surface area contributed by atoms with Crippen LogP contribution in [0.3, 0.4) is 0 Å². The van der Waals surface area contributed by atoms with Gasteiger partial charge in [0.15, 0.2) is 5.82 Å². The number of nitrogens with one attached hydrogen (secondary N) is 2. The fraction of sp³-hybridized carbons (Fsp3) is 0.217. The zero-order valence-electron chi connectivity index (χ0n) is 17.1. The second-order valence-electron chi connectivity index (χ2n) is 7.76. The van der Waals surface area contributed by atoms with Crippen LogP contribution in [0.1, 0.15) is 5.56 Å². The summed E-state index contributed by atoms with van der Waals surface area (Å²) in [6, 6.07) is 8.31. The van der Waals surface area contributed by atoms with E-state index >= 15 is 0 Å². The molecule has 31 heavy (non-hydrogen) atoms. The SMILES string of the molecule is Cc1ccncc1-c1ccc2[nH]nc(-c3nc4c(N5CCOCC5)cncc4[nH]3)c2c1. The average Bonchev–Trinajstić information content (AvgIpc) is 3.43. The summed E-state index contributed by atoms with van der Waals surface area (Å²) < 4.78 is 5.49. The van der Waals surface area contributed by atoms with Gasteiger partial charge in [0.05, 0.1) is 42.3 Å². The Balaban J connectivity index is 1.47. The van der Waals surface area contributed by atoms with Crippen molar-refractivity contribution >= 4 is 27.6 Å². The number of aromatic nitrogens is 6. The van der Waals surface area contributed by atoms with Gasteiger partial charge in [0.25, 0.3) is 0 Å². The Morgan fingerprint density at radius 1 is 1.00 bits per heavy atom. The first-order valence-electron chi connectivity index (χ1n) is 10.3. The molecule has 2 N–H and O–H groups in total. The highest BCUT2D eigenvalue weighted by atomic mass is 16.5. The summed E-state index contributed by atoms with van der Waals surface area (Å²) in [7, 11) is 0. The maximum Gasteiger partial charge on any atom is 0.159 e. The number of morpholine rings is 1. The van der Waals surface area contributed by atoms with Gasteiger partial charge in [-0.15, -0.1) is 0 Å². The predicted molar refractivity (Wildman–Crippen MR) is 120 cm³/mol. The lowest BCUT2D eigenvalue weighted by molar-refractivity contribution is 0.123. The van der Waals surface area contributed by atoms with E-state index in [9.17, 15) is 0 Å². The summed E-state index contributed by atoms with van der Waals surface area (Å²) in [5, 5.41) is 8.72. The lowest BCUT2D eigenvalue weighted by Crippen LogP contribution is -2.36. The fourth-order valence-corrected chi connectivity index (χ4v) is 4.20. The van der Waals surface area contributed by atoms with Gasteiger partial charge in [-0.2, -0.15) is 5.10 Å². The van der Waals surface area contributed by atoms with Gasteiger partial charge in [0.1, 0.15) is 11.2 Å². The van der Waals surface area contributed by atoms with Crippen molar-refractivity contribution in [3.05, 3.63) is 54.6 Å². The Bertz CT molecular complexity index is 1400. The van der Waals surface area contributed by atoms with E-state index in [4.69, 9.17) is 9.72 Å². The van der Waals surface area contributed by atoms with Crippen molar-refractivity contribution in [2.45, 2.75) is 6.92 Å². The molecule has 0 spiro atoms. The zero-order chi connectivity index (χ0) is 20.8. The molecule has 1 aliphatic heterocycles. The molecule has 4 aromatic heterocycles. The third-order valence-electron chi connectivity index (χ3n) is 5.86. The number of hydrogen-bond donors (Lipinski definition) is 2. The minimum atomic E-state index is 0.716. The van der Waals surface area contributed by atoms with Crippen molar-refractivity contribution in [2.24, 2.45) is 0 Å². The number of aromatic amines is 2. The maximum absolute atomic E-state index is 5.49. The number of aryl methyl sites for hydroxylation is 1. The van der Waals surface area contributed by atoms with Crippen molar-refractivity contribution in [3.8, 4) is 22.6 Å². The molecule has 154 valence electrons. The molecule has 0 unspecified atom stereocenters. The molecule has 6 rings (SSSR count). The second kappa shape index (κ2) is 7.17. The Kier molecular flexibility index (Phi) is 4.17. The lowest BCUT2D eigenvalue weighted by Gasteiger charge is -2.28. The first kappa shape index (κ1) is 18.0. The molecule has 5 aromatic rings. The van der Waals surface area contributed by atoms with Crippen LogP contribution in [0.2, 0.25) is 0 Å². The second-order valence-corrected chi connectivity index (χ2v) is 7.76. The lowest BCUT2D eigenvalue weighted by atomic mass is 10.0. The van der Waals surface area contributed by atoms with Gasteiger partial charge < -0.3 is 14.6 Å². The van der Waals surface area contributed by atoms with E-state index in [0.717, 1.165) is 63.4 Å². The van der Waals surface area contributed by atoms with E-state index in [1.807, 2.05) is 30.9 Å². The average molecular weight is 411 g/mol. The molecular formula is C23H21N7O. The van der Waals surface area contributed by atoms with Crippen LogP contribution in [-0.4, -0.2) is 56.4 Å². The zero-order valence-corrected chi connectivity index (χ0v) is 17.1. The summed E-state index contributed by atoms with van der Waals surface area (Å²) in [6.45, 7) is 5.20. The third-order valence-corrected chi connectivity index (χ3v) is 5.86. The topological polar surface area (TPSA) is 95.6 Å². The smallest absolute Gasteiger partial charge is 0.159 e. The number of pyridine rings is 2. The van der Waals surface area contributed by atoms with Crippen molar-refractivity contribution in [3.63, 3.8) is 0 Å². The van der Waals surface area contributed by atoms with E-state index in [1.54, 1.807) is 0 Å². The van der Waals surface area contributed by atoms with Crippen LogP contribution in [0.25, 0.3) is 44.6 Å². The van der Waals surface area contributed by atoms with Gasteiger partial charge in [-0.3, -0.25) is 15.1 Å². The van der Waals surface area contributed by atoms with Gasteiger partial charge in [-0.1, -0.05) is 6.07 Å². The molecule has 0 atom stereocenters. The highest BCUT2D eigenvalue weighted by molar-refractivity contribution is 5.97. The molecule has 0 amide bonds. The molecule has 8 nitrogen and oxygen atoms in total. The highest BCUT2D eigenvalue weighted by Crippen LogP contribution is 2.33. The van der Waals surface area contributed by atoms with Crippen LogP contribution in [0.5, 0.6) is 0 Å². The maximum atomic E-state index is 5.49. The Hall–Kier alpha value is -3.78. The first-order chi connectivity index (χ1) is 15.3. The van der Waals surface area contributed by atoms with E-state index in [-0.39, 0.29) is 0 Å². The minimum absolute atomic E-state index is 0.716. The standard InChI is InChI=1S/C23H21N7O/c1-14-4-5-24-11-17(14)15-2-3-18-16(10-15)21(29-28-18)23-26-19-12-25-13-20(22(19)27-23)30-6-8-31-9-7-30/h2-5,10-13H,6-9H2,1H3,(H,26,27)(H,28,29). The van der Waals surface area contributed by atoms with Crippen molar-refractivity contribution in [2.75, 3.05) is 31.2 Å². The number of benzene rings is 1. The summed E-state index contributed by atoms with van der Waals surface area (Å²) in [5.41, 5.74) is 7.98. The number of H-pyrrole nitrogens is 2. The number of imidazole rings is 1. The summed E-state index contributed by atoms with van der Waals surface area (Å²) in [5.74, 6) is 0.726. The Morgan fingerprint density at radius 2 is 1.90 bits per heavy atom. The monoisotopic (exact) mass is 411 g/mol. The number of anilines is 1. The molecule has 0 saturated carbocycles. The molecule has 1 fully saturated rings.